The lowest BCUT2D eigenvalue weighted by atomic mass is 10.1. The summed E-state index contributed by atoms with van der Waals surface area (Å²) in [7, 11) is 1.25. The zero-order valence-corrected chi connectivity index (χ0v) is 11.7. The third-order valence-electron chi connectivity index (χ3n) is 2.21. The summed E-state index contributed by atoms with van der Waals surface area (Å²) in [6.07, 6.45) is -0.0699. The van der Waals surface area contributed by atoms with E-state index >= 15 is 0 Å². The van der Waals surface area contributed by atoms with E-state index in [2.05, 4.69) is 25.4 Å². The second kappa shape index (κ2) is 6.89. The first-order valence-corrected chi connectivity index (χ1v) is 6.20. The van der Waals surface area contributed by atoms with E-state index < -0.39 is 12.6 Å². The number of rotatable bonds is 5. The number of methoxy groups -OCH3 is 1. The molecule has 0 atom stereocenters. The fourth-order valence-electron chi connectivity index (χ4n) is 1.36. The Kier molecular flexibility index (Phi) is 5.81. The maximum absolute atomic E-state index is 12.2. The van der Waals surface area contributed by atoms with Crippen LogP contribution in [0, 0.1) is 0 Å². The molecule has 0 aliphatic heterocycles. The number of hydrogen-bond donors (Lipinski definition) is 0. The van der Waals surface area contributed by atoms with Crippen molar-refractivity contribution in [2.24, 2.45) is 0 Å². The first-order valence-electron chi connectivity index (χ1n) is 4.87. The summed E-state index contributed by atoms with van der Waals surface area (Å²) < 4.78 is 33.5. The second-order valence-corrected chi connectivity index (χ2v) is 4.34. The molecule has 3 nitrogen and oxygen atoms in total. The van der Waals surface area contributed by atoms with Crippen LogP contribution >= 0.6 is 27.5 Å². The minimum absolute atomic E-state index is 0.0437. The monoisotopic (exact) mass is 342 g/mol. The molecule has 0 aliphatic carbocycles. The van der Waals surface area contributed by atoms with Crippen molar-refractivity contribution in [2.75, 3.05) is 7.11 Å². The summed E-state index contributed by atoms with van der Waals surface area (Å²) in [6, 6.07) is 2.91. The van der Waals surface area contributed by atoms with Crippen molar-refractivity contribution in [1.29, 1.82) is 0 Å². The van der Waals surface area contributed by atoms with Crippen molar-refractivity contribution in [3.05, 3.63) is 27.7 Å². The van der Waals surface area contributed by atoms with E-state index in [0.717, 1.165) is 0 Å². The SMILES string of the molecule is COC(=O)Cc1c(CCl)ccc(OC(F)F)c1Br. The molecule has 0 amide bonds. The third-order valence-corrected chi connectivity index (χ3v) is 3.37. The number of alkyl halides is 3. The average Bonchev–Trinajstić information content (AvgIpc) is 2.33. The summed E-state index contributed by atoms with van der Waals surface area (Å²) in [6.45, 7) is -2.94. The van der Waals surface area contributed by atoms with Gasteiger partial charge in [-0.2, -0.15) is 8.78 Å². The molecule has 0 saturated carbocycles. The van der Waals surface area contributed by atoms with E-state index in [1.54, 1.807) is 0 Å². The highest BCUT2D eigenvalue weighted by Crippen LogP contribution is 2.33. The molecule has 1 aromatic rings. The molecule has 0 heterocycles. The molecule has 0 radical (unpaired) electrons. The van der Waals surface area contributed by atoms with E-state index in [9.17, 15) is 13.6 Å². The van der Waals surface area contributed by atoms with Crippen molar-refractivity contribution in [3.8, 4) is 5.75 Å². The van der Waals surface area contributed by atoms with Gasteiger partial charge in [-0.1, -0.05) is 6.07 Å². The fourth-order valence-corrected chi connectivity index (χ4v) is 2.23. The number of halogens is 4. The Morgan fingerprint density at radius 3 is 2.67 bits per heavy atom. The lowest BCUT2D eigenvalue weighted by Gasteiger charge is -2.13. The normalized spacial score (nSPS) is 10.6. The predicted octanol–water partition coefficient (Wildman–Crippen LogP) is 3.50. The summed E-state index contributed by atoms with van der Waals surface area (Å²) in [4.78, 5) is 11.3. The highest BCUT2D eigenvalue weighted by molar-refractivity contribution is 9.10. The quantitative estimate of drug-likeness (QED) is 0.606. The molecule has 0 saturated heterocycles. The van der Waals surface area contributed by atoms with E-state index in [4.69, 9.17) is 11.6 Å². The number of esters is 1. The van der Waals surface area contributed by atoms with Crippen LogP contribution in [0.5, 0.6) is 5.75 Å². The lowest BCUT2D eigenvalue weighted by Crippen LogP contribution is -2.09. The van der Waals surface area contributed by atoms with Gasteiger partial charge in [-0.25, -0.2) is 0 Å². The number of carbonyl (C=O) groups is 1. The van der Waals surface area contributed by atoms with Gasteiger partial charge in [-0.3, -0.25) is 4.79 Å². The van der Waals surface area contributed by atoms with Gasteiger partial charge in [-0.05, 0) is 33.1 Å². The number of ether oxygens (including phenoxy) is 2. The first-order chi connectivity index (χ1) is 8.49. The third kappa shape index (κ3) is 3.81. The molecule has 18 heavy (non-hydrogen) atoms. The zero-order chi connectivity index (χ0) is 13.7. The Hall–Kier alpha value is -0.880. The smallest absolute Gasteiger partial charge is 0.387 e. The molecule has 100 valence electrons. The Balaban J connectivity index is 3.13. The van der Waals surface area contributed by atoms with Gasteiger partial charge >= 0.3 is 12.6 Å². The second-order valence-electron chi connectivity index (χ2n) is 3.28. The Morgan fingerprint density at radius 1 is 1.50 bits per heavy atom. The van der Waals surface area contributed by atoms with Crippen molar-refractivity contribution < 1.29 is 23.0 Å². The minimum atomic E-state index is -2.94. The van der Waals surface area contributed by atoms with Crippen molar-refractivity contribution in [2.45, 2.75) is 18.9 Å². The molecule has 0 N–H and O–H groups in total. The van der Waals surface area contributed by atoms with E-state index in [0.29, 0.717) is 11.1 Å². The van der Waals surface area contributed by atoms with Gasteiger partial charge in [-0.15, -0.1) is 11.6 Å². The molecule has 7 heteroatoms. The maximum Gasteiger partial charge on any atom is 0.387 e. The molecule has 0 aliphatic rings. The summed E-state index contributed by atoms with van der Waals surface area (Å²) >= 11 is 8.86. The molecule has 0 fully saturated rings. The van der Waals surface area contributed by atoms with Crippen LogP contribution < -0.4 is 4.74 Å². The Morgan fingerprint density at radius 2 is 2.17 bits per heavy atom. The number of benzene rings is 1. The van der Waals surface area contributed by atoms with Crippen LogP contribution in [0.15, 0.2) is 16.6 Å². The van der Waals surface area contributed by atoms with Gasteiger partial charge in [0.1, 0.15) is 5.75 Å². The van der Waals surface area contributed by atoms with Crippen LogP contribution in [0.4, 0.5) is 8.78 Å². The van der Waals surface area contributed by atoms with Crippen LogP contribution in [0.2, 0.25) is 0 Å². The van der Waals surface area contributed by atoms with Gasteiger partial charge in [0, 0.05) is 5.88 Å². The fraction of sp³-hybridized carbons (Fsp3) is 0.364. The van der Waals surface area contributed by atoms with Crippen molar-refractivity contribution in [3.63, 3.8) is 0 Å². The largest absolute Gasteiger partial charge is 0.469 e. The van der Waals surface area contributed by atoms with Crippen LogP contribution in [0.1, 0.15) is 11.1 Å². The van der Waals surface area contributed by atoms with Gasteiger partial charge in [0.25, 0.3) is 0 Å². The summed E-state index contributed by atoms with van der Waals surface area (Å²) in [5.74, 6) is -0.381. The molecule has 0 bridgehead atoms. The number of hydrogen-bond acceptors (Lipinski definition) is 3. The number of carbonyl (C=O) groups excluding carboxylic acids is 1. The Labute approximate surface area is 116 Å². The lowest BCUT2D eigenvalue weighted by molar-refractivity contribution is -0.139. The van der Waals surface area contributed by atoms with Crippen molar-refractivity contribution in [1.82, 2.24) is 0 Å². The van der Waals surface area contributed by atoms with E-state index in [1.165, 1.54) is 19.2 Å². The maximum atomic E-state index is 12.2. The van der Waals surface area contributed by atoms with Crippen LogP contribution in [-0.2, 0) is 21.8 Å². The molecular formula is C11H10BrClF2O3. The molecule has 0 aromatic heterocycles. The zero-order valence-electron chi connectivity index (χ0n) is 9.38. The van der Waals surface area contributed by atoms with Crippen LogP contribution in [0.3, 0.4) is 0 Å². The predicted molar refractivity (Wildman–Crippen MR) is 66.1 cm³/mol. The highest BCUT2D eigenvalue weighted by Gasteiger charge is 2.17. The van der Waals surface area contributed by atoms with Gasteiger partial charge in [0.05, 0.1) is 18.0 Å². The van der Waals surface area contributed by atoms with Gasteiger partial charge in [0.2, 0.25) is 0 Å². The van der Waals surface area contributed by atoms with Crippen LogP contribution in [-0.4, -0.2) is 19.7 Å². The average molecular weight is 344 g/mol. The van der Waals surface area contributed by atoms with E-state index in [-0.39, 0.29) is 22.5 Å². The Bertz CT molecular complexity index is 441. The topological polar surface area (TPSA) is 35.5 Å². The molecule has 0 unspecified atom stereocenters. The molecule has 0 spiro atoms. The minimum Gasteiger partial charge on any atom is -0.469 e. The van der Waals surface area contributed by atoms with Gasteiger partial charge < -0.3 is 9.47 Å². The standard InChI is InChI=1S/C11H10BrClF2O3/c1-17-9(16)4-7-6(5-13)2-3-8(10(7)12)18-11(14)15/h2-3,11H,4-5H2,1H3. The summed E-state index contributed by atoms with van der Waals surface area (Å²) in [5.41, 5.74) is 1.13. The molecular weight excluding hydrogens is 333 g/mol. The van der Waals surface area contributed by atoms with Crippen molar-refractivity contribution >= 4 is 33.5 Å². The first kappa shape index (κ1) is 15.2. The van der Waals surface area contributed by atoms with Crippen LogP contribution in [0.25, 0.3) is 0 Å². The summed E-state index contributed by atoms with van der Waals surface area (Å²) in [5, 5.41) is 0. The highest BCUT2D eigenvalue weighted by atomic mass is 79.9. The molecule has 1 aromatic carbocycles. The molecule has 1 rings (SSSR count). The van der Waals surface area contributed by atoms with Gasteiger partial charge in [0.15, 0.2) is 0 Å². The van der Waals surface area contributed by atoms with E-state index in [1.807, 2.05) is 0 Å².